The van der Waals surface area contributed by atoms with Gasteiger partial charge in [0.05, 0.1) is 27.8 Å². The van der Waals surface area contributed by atoms with Crippen molar-refractivity contribution in [2.45, 2.75) is 25.9 Å². The monoisotopic (exact) mass is 558 g/mol. The lowest BCUT2D eigenvalue weighted by Gasteiger charge is -2.15. The van der Waals surface area contributed by atoms with Gasteiger partial charge in [0.1, 0.15) is 5.00 Å². The first-order valence-corrected chi connectivity index (χ1v) is 13.6. The molecule has 2 aromatic heterocycles. The summed E-state index contributed by atoms with van der Waals surface area (Å²) in [6.45, 7) is 4.28. The lowest BCUT2D eigenvalue weighted by atomic mass is 10.2. The van der Waals surface area contributed by atoms with Crippen LogP contribution in [0, 0.1) is 6.92 Å². The molecule has 1 aliphatic rings. The molecule has 0 radical (unpaired) electrons. The van der Waals surface area contributed by atoms with Gasteiger partial charge < -0.3 is 21.2 Å². The van der Waals surface area contributed by atoms with E-state index in [0.29, 0.717) is 5.69 Å². The highest BCUT2D eigenvalue weighted by Crippen LogP contribution is 2.34. The number of benzene rings is 2. The summed E-state index contributed by atoms with van der Waals surface area (Å²) in [7, 11) is 0. The first-order chi connectivity index (χ1) is 18.3. The number of thiophene rings is 1. The number of nitrogens with zero attached hydrogens (tertiary/aromatic N) is 4. The molecular formula is C25H25F3N8S2. The van der Waals surface area contributed by atoms with E-state index in [9.17, 15) is 13.2 Å². The van der Waals surface area contributed by atoms with E-state index in [4.69, 9.17) is 0 Å². The Morgan fingerprint density at radius 3 is 2.32 bits per heavy atom. The molecule has 8 nitrogen and oxygen atoms in total. The molecule has 4 aromatic rings. The topological polar surface area (TPSA) is 89.0 Å². The van der Waals surface area contributed by atoms with Crippen LogP contribution in [0.25, 0.3) is 0 Å². The second-order valence-electron chi connectivity index (χ2n) is 8.62. The Morgan fingerprint density at radius 2 is 1.61 bits per heavy atom. The summed E-state index contributed by atoms with van der Waals surface area (Å²) in [6, 6.07) is 17.2. The fraction of sp³-hybridized carbons (Fsp3) is 0.240. The van der Waals surface area contributed by atoms with Crippen LogP contribution in [-0.4, -0.2) is 18.1 Å². The van der Waals surface area contributed by atoms with Crippen LogP contribution in [0.3, 0.4) is 0 Å². The molecule has 0 spiro atoms. The van der Waals surface area contributed by atoms with Gasteiger partial charge in [0, 0.05) is 18.5 Å². The maximum absolute atomic E-state index is 12.6. The molecule has 0 unspecified atom stereocenters. The normalized spacial score (nSPS) is 13.7. The SMILES string of the molecule is Cc1cc(NNc2ccc(N3CCCC3)s2)ccc1NNc1ccc(/N=N/c2nc(C(F)(F)F)cs2)cc1. The number of alkyl halides is 3. The Labute approximate surface area is 225 Å². The Hall–Kier alpha value is -3.84. The van der Waals surface area contributed by atoms with Crippen molar-refractivity contribution < 1.29 is 13.2 Å². The van der Waals surface area contributed by atoms with Gasteiger partial charge in [0.2, 0.25) is 5.13 Å². The Kier molecular flexibility index (Phi) is 7.65. The molecule has 0 bridgehead atoms. The van der Waals surface area contributed by atoms with Crippen LogP contribution in [0.2, 0.25) is 0 Å². The third-order valence-corrected chi connectivity index (χ3v) is 7.59. The molecule has 0 atom stereocenters. The zero-order valence-corrected chi connectivity index (χ0v) is 22.0. The minimum atomic E-state index is -4.49. The van der Waals surface area contributed by atoms with Crippen molar-refractivity contribution in [3.8, 4) is 0 Å². The molecule has 1 saturated heterocycles. The molecule has 4 N–H and O–H groups in total. The summed E-state index contributed by atoms with van der Waals surface area (Å²) in [4.78, 5) is 5.86. The molecule has 2 aromatic carbocycles. The maximum atomic E-state index is 12.6. The van der Waals surface area contributed by atoms with Crippen molar-refractivity contribution in [3.05, 3.63) is 71.2 Å². The van der Waals surface area contributed by atoms with Gasteiger partial charge in [0.25, 0.3) is 0 Å². The number of nitrogens with one attached hydrogen (secondary N) is 4. The molecule has 5 rings (SSSR count). The summed E-state index contributed by atoms with van der Waals surface area (Å²) in [5.41, 5.74) is 16.1. The predicted molar refractivity (Wildman–Crippen MR) is 149 cm³/mol. The van der Waals surface area contributed by atoms with Crippen LogP contribution in [0.4, 0.5) is 51.1 Å². The van der Waals surface area contributed by atoms with Gasteiger partial charge in [-0.05, 0) is 79.9 Å². The second-order valence-corrected chi connectivity index (χ2v) is 10.5. The van der Waals surface area contributed by atoms with Crippen molar-refractivity contribution in [2.75, 3.05) is 39.7 Å². The minimum Gasteiger partial charge on any atom is -0.363 e. The third-order valence-electron chi connectivity index (χ3n) is 5.81. The highest BCUT2D eigenvalue weighted by molar-refractivity contribution is 7.20. The van der Waals surface area contributed by atoms with Crippen LogP contribution in [-0.2, 0) is 6.18 Å². The minimum absolute atomic E-state index is 0.0491. The number of anilines is 5. The average Bonchev–Trinajstić information content (AvgIpc) is 3.68. The van der Waals surface area contributed by atoms with Gasteiger partial charge in [-0.3, -0.25) is 5.43 Å². The number of halogens is 3. The molecule has 0 saturated carbocycles. The van der Waals surface area contributed by atoms with Crippen molar-refractivity contribution in [1.82, 2.24) is 4.98 Å². The Bertz CT molecular complexity index is 1390. The van der Waals surface area contributed by atoms with Gasteiger partial charge in [-0.25, -0.2) is 4.98 Å². The highest BCUT2D eigenvalue weighted by atomic mass is 32.1. The molecule has 13 heteroatoms. The smallest absolute Gasteiger partial charge is 0.363 e. The van der Waals surface area contributed by atoms with E-state index in [1.807, 2.05) is 25.1 Å². The van der Waals surface area contributed by atoms with Gasteiger partial charge in [-0.2, -0.15) is 13.2 Å². The first-order valence-electron chi connectivity index (χ1n) is 11.9. The summed E-state index contributed by atoms with van der Waals surface area (Å²) in [5.74, 6) is 0. The van der Waals surface area contributed by atoms with E-state index in [0.717, 1.165) is 57.4 Å². The van der Waals surface area contributed by atoms with Gasteiger partial charge in [-0.15, -0.1) is 21.6 Å². The number of rotatable bonds is 9. The van der Waals surface area contributed by atoms with Gasteiger partial charge in [0.15, 0.2) is 5.69 Å². The number of azo groups is 1. The summed E-state index contributed by atoms with van der Waals surface area (Å²) in [5, 5.41) is 11.0. The molecular weight excluding hydrogens is 533 g/mol. The number of thiazole rings is 1. The second kappa shape index (κ2) is 11.3. The summed E-state index contributed by atoms with van der Waals surface area (Å²) >= 11 is 2.53. The Morgan fingerprint density at radius 1 is 0.868 bits per heavy atom. The van der Waals surface area contributed by atoms with Crippen LogP contribution in [0.5, 0.6) is 0 Å². The van der Waals surface area contributed by atoms with Crippen LogP contribution >= 0.6 is 22.7 Å². The number of hydrogen-bond acceptors (Lipinski definition) is 10. The number of hydrogen-bond donors (Lipinski definition) is 4. The number of hydrazine groups is 2. The first kappa shape index (κ1) is 25.8. The molecule has 1 fully saturated rings. The summed E-state index contributed by atoms with van der Waals surface area (Å²) < 4.78 is 37.9. The highest BCUT2D eigenvalue weighted by Gasteiger charge is 2.33. The van der Waals surface area contributed by atoms with E-state index >= 15 is 0 Å². The van der Waals surface area contributed by atoms with E-state index in [-0.39, 0.29) is 5.13 Å². The fourth-order valence-electron chi connectivity index (χ4n) is 3.81. The predicted octanol–water partition coefficient (Wildman–Crippen LogP) is 8.43. The molecule has 3 heterocycles. The zero-order valence-electron chi connectivity index (χ0n) is 20.3. The maximum Gasteiger partial charge on any atom is 0.434 e. The Balaban J connectivity index is 1.11. The van der Waals surface area contributed by atoms with E-state index in [1.54, 1.807) is 35.6 Å². The quantitative estimate of drug-likeness (QED) is 0.122. The van der Waals surface area contributed by atoms with Crippen LogP contribution in [0.15, 0.2) is 70.2 Å². The van der Waals surface area contributed by atoms with Crippen LogP contribution in [0.1, 0.15) is 24.1 Å². The lowest BCUT2D eigenvalue weighted by molar-refractivity contribution is -0.140. The zero-order chi connectivity index (χ0) is 26.5. The molecule has 198 valence electrons. The molecule has 0 amide bonds. The fourth-order valence-corrected chi connectivity index (χ4v) is 5.36. The summed E-state index contributed by atoms with van der Waals surface area (Å²) in [6.07, 6.45) is -1.97. The largest absolute Gasteiger partial charge is 0.434 e. The van der Waals surface area contributed by atoms with E-state index in [1.165, 1.54) is 17.8 Å². The lowest BCUT2D eigenvalue weighted by Crippen LogP contribution is -2.15. The standard InChI is InChI=1S/C25H25F3N8S2/c1-16-14-19(32-34-22-10-11-23(38-22)36-12-2-3-13-36)8-9-20(16)33-30-17-4-6-18(7-5-17)31-35-24-29-21(15-37-24)25(26,27)28/h4-11,14-15,30,32-34H,2-3,12-13H2,1H3/b35-31+. The number of aryl methyl sites for hydroxylation is 1. The molecule has 1 aliphatic heterocycles. The van der Waals surface area contributed by atoms with Crippen molar-refractivity contribution in [2.24, 2.45) is 10.2 Å². The van der Waals surface area contributed by atoms with Crippen LogP contribution < -0.4 is 26.6 Å². The van der Waals surface area contributed by atoms with Gasteiger partial charge in [-0.1, -0.05) is 11.3 Å². The van der Waals surface area contributed by atoms with Gasteiger partial charge >= 0.3 is 6.18 Å². The van der Waals surface area contributed by atoms with Crippen molar-refractivity contribution in [1.29, 1.82) is 0 Å². The molecule has 38 heavy (non-hydrogen) atoms. The van der Waals surface area contributed by atoms with Crippen molar-refractivity contribution in [3.63, 3.8) is 0 Å². The van der Waals surface area contributed by atoms with E-state index in [2.05, 4.69) is 53.9 Å². The van der Waals surface area contributed by atoms with Crippen molar-refractivity contribution >= 4 is 60.6 Å². The average molecular weight is 559 g/mol. The number of aromatic nitrogens is 1. The third kappa shape index (κ3) is 6.53. The molecule has 0 aliphatic carbocycles. The van der Waals surface area contributed by atoms with E-state index < -0.39 is 11.9 Å².